The molecule has 4 N–H and O–H groups in total. The molecule has 0 heterocycles. The average molecular weight is 623 g/mol. The minimum Gasteiger partial charge on any atom is -0.322 e. The van der Waals surface area contributed by atoms with Crippen LogP contribution in [0.15, 0.2) is 121 Å². The van der Waals surface area contributed by atoms with E-state index in [2.05, 4.69) is 21.3 Å². The highest BCUT2D eigenvalue weighted by Crippen LogP contribution is 2.20. The molecule has 0 radical (unpaired) electrons. The molecule has 218 valence electrons. The van der Waals surface area contributed by atoms with Gasteiger partial charge < -0.3 is 21.3 Å². The normalized spacial score (nSPS) is 10.4. The van der Waals surface area contributed by atoms with Crippen LogP contribution in [-0.4, -0.2) is 23.6 Å². The average Bonchev–Trinajstić information content (AvgIpc) is 3.01. The van der Waals surface area contributed by atoms with E-state index in [1.54, 1.807) is 97.1 Å². The first-order valence-electron chi connectivity index (χ1n) is 13.3. The van der Waals surface area contributed by atoms with Crippen LogP contribution in [-0.2, 0) is 0 Å². The van der Waals surface area contributed by atoms with Gasteiger partial charge in [-0.05, 0) is 97.1 Å². The lowest BCUT2D eigenvalue weighted by Crippen LogP contribution is -2.16. The molecule has 0 bridgehead atoms. The van der Waals surface area contributed by atoms with Gasteiger partial charge in [0.15, 0.2) is 0 Å². The van der Waals surface area contributed by atoms with Crippen molar-refractivity contribution in [3.05, 3.63) is 154 Å². The fourth-order valence-corrected chi connectivity index (χ4v) is 4.58. The zero-order valence-corrected chi connectivity index (χ0v) is 24.4. The minimum atomic E-state index is -0.414. The van der Waals surface area contributed by atoms with E-state index >= 15 is 0 Å². The SMILES string of the molecule is O=C(Nc1cccc(C(=O)Nc2cccc(Cl)c2)c1)c1ccc(C(=O)Nc2cccc(C(=O)Nc3cccc(Cl)c3)c2)cc1. The predicted octanol–water partition coefficient (Wildman–Crippen LogP) is 8.00. The Kier molecular flexibility index (Phi) is 9.34. The van der Waals surface area contributed by atoms with Gasteiger partial charge in [-0.2, -0.15) is 0 Å². The maximum absolute atomic E-state index is 12.9. The summed E-state index contributed by atoms with van der Waals surface area (Å²) in [5.74, 6) is -1.54. The summed E-state index contributed by atoms with van der Waals surface area (Å²) in [5, 5.41) is 12.1. The van der Waals surface area contributed by atoms with E-state index in [9.17, 15) is 19.2 Å². The monoisotopic (exact) mass is 622 g/mol. The Bertz CT molecular complexity index is 1740. The predicted molar refractivity (Wildman–Crippen MR) is 174 cm³/mol. The van der Waals surface area contributed by atoms with Crippen LogP contribution >= 0.6 is 23.2 Å². The van der Waals surface area contributed by atoms with Gasteiger partial charge in [0.05, 0.1) is 0 Å². The summed E-state index contributed by atoms with van der Waals surface area (Å²) in [6.07, 6.45) is 0. The fourth-order valence-electron chi connectivity index (χ4n) is 4.19. The van der Waals surface area contributed by atoms with Gasteiger partial charge in [-0.25, -0.2) is 0 Å². The highest BCUT2D eigenvalue weighted by Gasteiger charge is 2.13. The van der Waals surface area contributed by atoms with Crippen molar-refractivity contribution in [1.82, 2.24) is 0 Å². The molecule has 0 atom stereocenters. The number of nitrogens with one attached hydrogen (secondary N) is 4. The van der Waals surface area contributed by atoms with E-state index < -0.39 is 11.8 Å². The molecule has 5 aromatic carbocycles. The molecule has 0 saturated carbocycles. The van der Waals surface area contributed by atoms with Gasteiger partial charge in [-0.1, -0.05) is 47.5 Å². The molecule has 0 aliphatic rings. The molecule has 0 aliphatic heterocycles. The maximum Gasteiger partial charge on any atom is 0.255 e. The van der Waals surface area contributed by atoms with Crippen molar-refractivity contribution in [1.29, 1.82) is 0 Å². The summed E-state index contributed by atoms with van der Waals surface area (Å²) in [7, 11) is 0. The van der Waals surface area contributed by atoms with E-state index in [0.29, 0.717) is 55.0 Å². The van der Waals surface area contributed by atoms with Gasteiger partial charge in [-0.15, -0.1) is 0 Å². The second-order valence-electron chi connectivity index (χ2n) is 9.58. The molecule has 8 nitrogen and oxygen atoms in total. The van der Waals surface area contributed by atoms with Gasteiger partial charge in [-0.3, -0.25) is 19.2 Å². The van der Waals surface area contributed by atoms with Gasteiger partial charge in [0, 0.05) is 55.0 Å². The Morgan fingerprint density at radius 1 is 0.364 bits per heavy atom. The molecular weight excluding hydrogens is 599 g/mol. The van der Waals surface area contributed by atoms with E-state index in [1.165, 1.54) is 24.3 Å². The highest BCUT2D eigenvalue weighted by molar-refractivity contribution is 6.31. The zero-order chi connectivity index (χ0) is 31.1. The molecule has 5 rings (SSSR count). The van der Waals surface area contributed by atoms with Crippen molar-refractivity contribution in [3.63, 3.8) is 0 Å². The van der Waals surface area contributed by atoms with E-state index in [4.69, 9.17) is 23.2 Å². The number of halogens is 2. The molecule has 5 aromatic rings. The Morgan fingerprint density at radius 2 is 0.659 bits per heavy atom. The van der Waals surface area contributed by atoms with Crippen LogP contribution in [0.1, 0.15) is 41.4 Å². The van der Waals surface area contributed by atoms with Crippen LogP contribution in [0.3, 0.4) is 0 Å². The van der Waals surface area contributed by atoms with Gasteiger partial charge in [0.25, 0.3) is 23.6 Å². The van der Waals surface area contributed by atoms with Gasteiger partial charge in [0.1, 0.15) is 0 Å². The molecule has 44 heavy (non-hydrogen) atoms. The zero-order valence-electron chi connectivity index (χ0n) is 22.9. The number of carbonyl (C=O) groups excluding carboxylic acids is 4. The second-order valence-corrected chi connectivity index (χ2v) is 10.4. The number of hydrogen-bond donors (Lipinski definition) is 4. The summed E-state index contributed by atoms with van der Waals surface area (Å²) >= 11 is 12.0. The van der Waals surface area contributed by atoms with Crippen molar-refractivity contribution in [2.45, 2.75) is 0 Å². The second kappa shape index (κ2) is 13.7. The van der Waals surface area contributed by atoms with Crippen molar-refractivity contribution >= 4 is 69.6 Å². The summed E-state index contributed by atoms with van der Waals surface area (Å²) < 4.78 is 0. The van der Waals surface area contributed by atoms with Gasteiger partial charge in [0.2, 0.25) is 0 Å². The lowest BCUT2D eigenvalue weighted by Gasteiger charge is -2.10. The molecule has 0 aromatic heterocycles. The Morgan fingerprint density at radius 3 is 1.00 bits per heavy atom. The molecule has 10 heteroatoms. The highest BCUT2D eigenvalue weighted by atomic mass is 35.5. The number of anilines is 4. The summed E-state index contributed by atoms with van der Waals surface area (Å²) in [5.41, 5.74) is 3.28. The molecular formula is C34H24Cl2N4O4. The number of benzene rings is 5. The largest absolute Gasteiger partial charge is 0.322 e. The van der Waals surface area contributed by atoms with E-state index in [0.717, 1.165) is 0 Å². The van der Waals surface area contributed by atoms with Crippen LogP contribution in [0.2, 0.25) is 10.0 Å². The van der Waals surface area contributed by atoms with Crippen LogP contribution in [0.4, 0.5) is 22.7 Å². The Labute approximate surface area is 263 Å². The van der Waals surface area contributed by atoms with Crippen molar-refractivity contribution in [2.24, 2.45) is 0 Å². The lowest BCUT2D eigenvalue weighted by molar-refractivity contribution is 0.101. The van der Waals surface area contributed by atoms with Gasteiger partial charge >= 0.3 is 0 Å². The third kappa shape index (κ3) is 7.89. The first-order valence-corrected chi connectivity index (χ1v) is 14.1. The topological polar surface area (TPSA) is 116 Å². The Hall–Kier alpha value is -5.44. The van der Waals surface area contributed by atoms with E-state index in [-0.39, 0.29) is 11.8 Å². The van der Waals surface area contributed by atoms with Crippen LogP contribution in [0.5, 0.6) is 0 Å². The third-order valence-electron chi connectivity index (χ3n) is 6.34. The first-order chi connectivity index (χ1) is 21.2. The standard InChI is InChI=1S/C34H24Cl2N4O4/c35-25-7-3-11-29(19-25)39-33(43)23-5-1-9-27(17-23)37-31(41)21-13-15-22(16-14-21)32(42)38-28-10-2-6-24(18-28)34(44)40-30-12-4-8-26(36)20-30/h1-20H,(H,37,41)(H,38,42)(H,39,43)(H,40,44). The molecule has 0 spiro atoms. The smallest absolute Gasteiger partial charge is 0.255 e. The number of carbonyl (C=O) groups is 4. The molecule has 0 unspecified atom stereocenters. The quantitative estimate of drug-likeness (QED) is 0.140. The fraction of sp³-hybridized carbons (Fsp3) is 0. The van der Waals surface area contributed by atoms with Crippen LogP contribution in [0, 0.1) is 0 Å². The number of rotatable bonds is 8. The molecule has 0 saturated heterocycles. The number of amides is 4. The van der Waals surface area contributed by atoms with Crippen molar-refractivity contribution < 1.29 is 19.2 Å². The first kappa shape index (κ1) is 30.0. The Balaban J connectivity index is 1.19. The lowest BCUT2D eigenvalue weighted by atomic mass is 10.1. The van der Waals surface area contributed by atoms with E-state index in [1.807, 2.05) is 0 Å². The molecule has 0 aliphatic carbocycles. The van der Waals surface area contributed by atoms with Crippen molar-refractivity contribution in [3.8, 4) is 0 Å². The van der Waals surface area contributed by atoms with Crippen LogP contribution in [0.25, 0.3) is 0 Å². The molecule has 4 amide bonds. The molecule has 0 fully saturated rings. The van der Waals surface area contributed by atoms with Crippen LogP contribution < -0.4 is 21.3 Å². The summed E-state index contributed by atoms with van der Waals surface area (Å²) in [4.78, 5) is 51.1. The summed E-state index contributed by atoms with van der Waals surface area (Å²) in [6.45, 7) is 0. The van der Waals surface area contributed by atoms with Crippen molar-refractivity contribution in [2.75, 3.05) is 21.3 Å². The third-order valence-corrected chi connectivity index (χ3v) is 6.81. The minimum absolute atomic E-state index is 0.315. The maximum atomic E-state index is 12.9. The number of hydrogen-bond acceptors (Lipinski definition) is 4. The summed E-state index contributed by atoms with van der Waals surface area (Å²) in [6, 6.07) is 32.7.